The number of fused-ring (bicyclic) bond motifs is 1. The number of rotatable bonds is 4. The van der Waals surface area contributed by atoms with E-state index in [-0.39, 0.29) is 0 Å². The molecule has 0 aliphatic rings. The Hall–Kier alpha value is -3.40. The Balaban J connectivity index is 1.67. The van der Waals surface area contributed by atoms with Crippen LogP contribution in [0.15, 0.2) is 69.3 Å². The van der Waals surface area contributed by atoms with E-state index in [2.05, 4.69) is 16.4 Å². The number of allylic oxidation sites excluding steroid dienone is 1. The number of hydrogen-bond acceptors (Lipinski definition) is 6. The molecule has 4 rings (SSSR count). The Morgan fingerprint density at radius 1 is 1.28 bits per heavy atom. The molecule has 7 heteroatoms. The van der Waals surface area contributed by atoms with Crippen molar-refractivity contribution in [3.63, 3.8) is 0 Å². The maximum atomic E-state index is 12.4. The molecule has 0 atom stereocenters. The smallest absolute Gasteiger partial charge is 0.345 e. The van der Waals surface area contributed by atoms with Crippen LogP contribution in [0.4, 0.5) is 5.69 Å². The highest BCUT2D eigenvalue weighted by Crippen LogP contribution is 2.27. The molecule has 4 aromatic rings. The van der Waals surface area contributed by atoms with Crippen molar-refractivity contribution in [3.05, 3.63) is 86.1 Å². The number of nitrogens with one attached hydrogen (secondary N) is 1. The SMILES string of the molecule is Cc1ccc(Cl)cc1N/C=C(\C#N)c1nc(-c2cc3ccccc3oc2=O)cs1. The summed E-state index contributed by atoms with van der Waals surface area (Å²) in [5.74, 6) is 0. The van der Waals surface area contributed by atoms with Crippen LogP contribution in [-0.2, 0) is 0 Å². The number of aromatic nitrogens is 1. The Morgan fingerprint density at radius 3 is 2.93 bits per heavy atom. The topological polar surface area (TPSA) is 78.9 Å². The molecular weight excluding hydrogens is 406 g/mol. The summed E-state index contributed by atoms with van der Waals surface area (Å²) in [6.07, 6.45) is 1.59. The van der Waals surface area contributed by atoms with Crippen molar-refractivity contribution in [3.8, 4) is 17.3 Å². The number of aryl methyl sites for hydroxylation is 1. The first kappa shape index (κ1) is 18.9. The van der Waals surface area contributed by atoms with E-state index < -0.39 is 5.63 Å². The zero-order valence-corrected chi connectivity index (χ0v) is 16.8. The van der Waals surface area contributed by atoms with Gasteiger partial charge in [0, 0.05) is 27.7 Å². The van der Waals surface area contributed by atoms with Gasteiger partial charge >= 0.3 is 5.63 Å². The van der Waals surface area contributed by atoms with Crippen molar-refractivity contribution in [2.75, 3.05) is 5.32 Å². The molecule has 1 N–H and O–H groups in total. The van der Waals surface area contributed by atoms with Crippen molar-refractivity contribution < 1.29 is 4.42 Å². The molecule has 2 aromatic heterocycles. The number of hydrogen-bond donors (Lipinski definition) is 1. The fraction of sp³-hybridized carbons (Fsp3) is 0.0455. The zero-order valence-electron chi connectivity index (χ0n) is 15.3. The lowest BCUT2D eigenvalue weighted by Gasteiger charge is -2.06. The lowest BCUT2D eigenvalue weighted by molar-refractivity contribution is 0.563. The summed E-state index contributed by atoms with van der Waals surface area (Å²) >= 11 is 7.32. The summed E-state index contributed by atoms with van der Waals surface area (Å²) in [6, 6.07) is 16.7. The third-order valence-corrected chi connectivity index (χ3v) is 5.45. The van der Waals surface area contributed by atoms with E-state index in [4.69, 9.17) is 16.0 Å². The van der Waals surface area contributed by atoms with E-state index in [0.29, 0.717) is 32.4 Å². The maximum absolute atomic E-state index is 12.4. The van der Waals surface area contributed by atoms with Gasteiger partial charge in [-0.15, -0.1) is 11.3 Å². The normalized spacial score (nSPS) is 11.4. The summed E-state index contributed by atoms with van der Waals surface area (Å²) in [6.45, 7) is 1.94. The van der Waals surface area contributed by atoms with Crippen LogP contribution in [0.25, 0.3) is 27.8 Å². The number of para-hydroxylation sites is 1. The maximum Gasteiger partial charge on any atom is 0.345 e. The van der Waals surface area contributed by atoms with Crippen molar-refractivity contribution >= 4 is 45.2 Å². The first-order valence-corrected chi connectivity index (χ1v) is 9.93. The molecule has 0 saturated carbocycles. The molecule has 0 bridgehead atoms. The number of thiazole rings is 1. The fourth-order valence-corrected chi connectivity index (χ4v) is 3.76. The quantitative estimate of drug-likeness (QED) is 0.331. The summed E-state index contributed by atoms with van der Waals surface area (Å²) in [5, 5.41) is 16.3. The van der Waals surface area contributed by atoms with Gasteiger partial charge in [0.15, 0.2) is 0 Å². The van der Waals surface area contributed by atoms with Crippen molar-refractivity contribution in [1.29, 1.82) is 5.26 Å². The average molecular weight is 420 g/mol. The monoisotopic (exact) mass is 419 g/mol. The van der Waals surface area contributed by atoms with Gasteiger partial charge in [0.05, 0.1) is 11.3 Å². The van der Waals surface area contributed by atoms with E-state index in [1.54, 1.807) is 35.8 Å². The van der Waals surface area contributed by atoms with Crippen LogP contribution in [0.1, 0.15) is 10.6 Å². The Kier molecular flexibility index (Phi) is 5.17. The van der Waals surface area contributed by atoms with Crippen LogP contribution >= 0.6 is 22.9 Å². The van der Waals surface area contributed by atoms with Crippen LogP contribution in [0.5, 0.6) is 0 Å². The van der Waals surface area contributed by atoms with Crippen LogP contribution in [0.3, 0.4) is 0 Å². The lowest BCUT2D eigenvalue weighted by Crippen LogP contribution is -2.02. The van der Waals surface area contributed by atoms with E-state index in [0.717, 1.165) is 16.6 Å². The molecule has 0 saturated heterocycles. The average Bonchev–Trinajstić information content (AvgIpc) is 3.20. The lowest BCUT2D eigenvalue weighted by atomic mass is 10.1. The van der Waals surface area contributed by atoms with Gasteiger partial charge in [-0.05, 0) is 36.8 Å². The fourth-order valence-electron chi connectivity index (χ4n) is 2.80. The molecule has 0 radical (unpaired) electrons. The van der Waals surface area contributed by atoms with Crippen LogP contribution in [-0.4, -0.2) is 4.98 Å². The van der Waals surface area contributed by atoms with Gasteiger partial charge in [0.1, 0.15) is 22.2 Å². The molecule has 0 unspecified atom stereocenters. The van der Waals surface area contributed by atoms with Gasteiger partial charge in [0.2, 0.25) is 0 Å². The van der Waals surface area contributed by atoms with Crippen molar-refractivity contribution in [2.24, 2.45) is 0 Å². The highest BCUT2D eigenvalue weighted by atomic mass is 35.5. The standard InChI is InChI=1S/C22H14ClN3O2S/c1-13-6-7-16(23)9-18(13)25-11-15(10-24)21-26-19(12-29-21)17-8-14-4-2-3-5-20(14)28-22(17)27/h2-9,11-12,25H,1H3/b15-11+. The Morgan fingerprint density at radius 2 is 2.10 bits per heavy atom. The minimum absolute atomic E-state index is 0.353. The molecule has 0 aliphatic carbocycles. The Bertz CT molecular complexity index is 1350. The van der Waals surface area contributed by atoms with E-state index in [1.165, 1.54) is 11.3 Å². The minimum Gasteiger partial charge on any atom is -0.422 e. The molecule has 2 aromatic carbocycles. The molecule has 0 aliphatic heterocycles. The highest BCUT2D eigenvalue weighted by Gasteiger charge is 2.14. The van der Waals surface area contributed by atoms with Crippen molar-refractivity contribution in [1.82, 2.24) is 4.98 Å². The number of anilines is 1. The number of nitriles is 1. The molecule has 29 heavy (non-hydrogen) atoms. The minimum atomic E-state index is -0.462. The van der Waals surface area contributed by atoms with Crippen LogP contribution in [0, 0.1) is 18.3 Å². The van der Waals surface area contributed by atoms with E-state index in [9.17, 15) is 10.1 Å². The van der Waals surface area contributed by atoms with Gasteiger partial charge in [0.25, 0.3) is 0 Å². The van der Waals surface area contributed by atoms with E-state index in [1.807, 2.05) is 31.2 Å². The second-order valence-electron chi connectivity index (χ2n) is 6.30. The molecule has 0 fully saturated rings. The third-order valence-electron chi connectivity index (χ3n) is 4.34. The second-order valence-corrected chi connectivity index (χ2v) is 7.59. The predicted molar refractivity (Wildman–Crippen MR) is 117 cm³/mol. The van der Waals surface area contributed by atoms with Gasteiger partial charge in [-0.25, -0.2) is 9.78 Å². The molecule has 0 spiro atoms. The van der Waals surface area contributed by atoms with Gasteiger partial charge < -0.3 is 9.73 Å². The molecule has 2 heterocycles. The first-order valence-electron chi connectivity index (χ1n) is 8.67. The van der Waals surface area contributed by atoms with Gasteiger partial charge in [-0.2, -0.15) is 5.26 Å². The summed E-state index contributed by atoms with van der Waals surface area (Å²) in [7, 11) is 0. The molecule has 0 amide bonds. The first-order chi connectivity index (χ1) is 14.0. The summed E-state index contributed by atoms with van der Waals surface area (Å²) in [4.78, 5) is 16.8. The molecule has 5 nitrogen and oxygen atoms in total. The largest absolute Gasteiger partial charge is 0.422 e. The number of nitrogens with zero attached hydrogens (tertiary/aromatic N) is 2. The number of benzene rings is 2. The van der Waals surface area contributed by atoms with E-state index >= 15 is 0 Å². The third kappa shape index (κ3) is 3.92. The summed E-state index contributed by atoms with van der Waals surface area (Å²) in [5.41, 5.74) is 3.05. The number of halogens is 1. The molecular formula is C22H14ClN3O2S. The Labute approximate surface area is 175 Å². The van der Waals surface area contributed by atoms with Crippen LogP contribution < -0.4 is 10.9 Å². The zero-order chi connectivity index (χ0) is 20.4. The highest BCUT2D eigenvalue weighted by molar-refractivity contribution is 7.11. The van der Waals surface area contributed by atoms with Crippen molar-refractivity contribution in [2.45, 2.75) is 6.92 Å². The second kappa shape index (κ2) is 7.92. The van der Waals surface area contributed by atoms with Gasteiger partial charge in [-0.1, -0.05) is 35.9 Å². The van der Waals surface area contributed by atoms with Crippen LogP contribution in [0.2, 0.25) is 5.02 Å². The predicted octanol–water partition coefficient (Wildman–Crippen LogP) is 5.85. The molecule has 142 valence electrons. The van der Waals surface area contributed by atoms with Gasteiger partial charge in [-0.3, -0.25) is 0 Å². The summed E-state index contributed by atoms with van der Waals surface area (Å²) < 4.78 is 5.38.